The average molecular weight is 178 g/mol. The molecule has 1 aromatic heterocycles. The lowest BCUT2D eigenvalue weighted by Crippen LogP contribution is -1.99. The highest BCUT2D eigenvalue weighted by Crippen LogP contribution is 2.08. The molecule has 1 heterocycles. The lowest BCUT2D eigenvalue weighted by molar-refractivity contribution is 0.104. The number of rotatable bonds is 2. The van der Waals surface area contributed by atoms with Crippen LogP contribution < -0.4 is 0 Å². The lowest BCUT2D eigenvalue weighted by Gasteiger charge is -1.95. The van der Waals surface area contributed by atoms with E-state index in [1.54, 1.807) is 17.0 Å². The van der Waals surface area contributed by atoms with E-state index in [4.69, 9.17) is 0 Å². The van der Waals surface area contributed by atoms with Crippen molar-refractivity contribution in [2.75, 3.05) is 0 Å². The van der Waals surface area contributed by atoms with Gasteiger partial charge in [0.25, 0.3) is 0 Å². The van der Waals surface area contributed by atoms with Crippen LogP contribution in [-0.2, 0) is 7.05 Å². The second-order valence-electron chi connectivity index (χ2n) is 3.35. The predicted octanol–water partition coefficient (Wildman–Crippen LogP) is 1.88. The quantitative estimate of drug-likeness (QED) is 0.512. The Morgan fingerprint density at radius 2 is 2.15 bits per heavy atom. The Labute approximate surface area is 78.1 Å². The molecule has 0 radical (unpaired) electrons. The number of carbonyl (C=O) groups is 1. The van der Waals surface area contributed by atoms with E-state index in [1.807, 2.05) is 27.8 Å². The predicted molar refractivity (Wildman–Crippen MR) is 51.7 cm³/mol. The van der Waals surface area contributed by atoms with Crippen LogP contribution in [0.4, 0.5) is 0 Å². The first-order valence-electron chi connectivity index (χ1n) is 4.20. The van der Waals surface area contributed by atoms with Crippen LogP contribution in [0.25, 0.3) is 0 Å². The smallest absolute Gasteiger partial charge is 0.189 e. The number of hydrogen-bond acceptors (Lipinski definition) is 2. The third-order valence-corrected chi connectivity index (χ3v) is 1.92. The van der Waals surface area contributed by atoms with Gasteiger partial charge in [-0.15, -0.1) is 0 Å². The van der Waals surface area contributed by atoms with Crippen molar-refractivity contribution in [1.82, 2.24) is 9.78 Å². The summed E-state index contributed by atoms with van der Waals surface area (Å²) in [7, 11) is 1.83. The van der Waals surface area contributed by atoms with E-state index in [0.717, 1.165) is 11.3 Å². The van der Waals surface area contributed by atoms with Crippen LogP contribution >= 0.6 is 0 Å². The molecule has 3 heteroatoms. The van der Waals surface area contributed by atoms with Gasteiger partial charge < -0.3 is 0 Å². The van der Waals surface area contributed by atoms with Crippen LogP contribution in [0.1, 0.15) is 29.9 Å². The Hall–Kier alpha value is -1.38. The second-order valence-corrected chi connectivity index (χ2v) is 3.35. The molecular weight excluding hydrogens is 164 g/mol. The van der Waals surface area contributed by atoms with Crippen LogP contribution in [0.5, 0.6) is 0 Å². The van der Waals surface area contributed by atoms with Crippen molar-refractivity contribution in [3.63, 3.8) is 0 Å². The van der Waals surface area contributed by atoms with Gasteiger partial charge in [-0.1, -0.05) is 5.57 Å². The number of allylic oxidation sites excluding steroid dienone is 2. The Balaban J connectivity index is 3.03. The molecule has 0 amide bonds. The standard InChI is InChI=1S/C10H14N2O/c1-7(2)5-10(13)9-6-11-12(4)8(9)3/h5-6H,1-4H3. The van der Waals surface area contributed by atoms with Gasteiger partial charge in [0.1, 0.15) is 0 Å². The van der Waals surface area contributed by atoms with E-state index in [2.05, 4.69) is 5.10 Å². The number of aryl methyl sites for hydroxylation is 1. The highest BCUT2D eigenvalue weighted by molar-refractivity contribution is 6.05. The summed E-state index contributed by atoms with van der Waals surface area (Å²) >= 11 is 0. The van der Waals surface area contributed by atoms with Gasteiger partial charge in [-0.2, -0.15) is 5.10 Å². The first kappa shape index (κ1) is 9.71. The van der Waals surface area contributed by atoms with E-state index < -0.39 is 0 Å². The summed E-state index contributed by atoms with van der Waals surface area (Å²) in [5, 5.41) is 4.01. The van der Waals surface area contributed by atoms with E-state index in [0.29, 0.717) is 5.56 Å². The number of aromatic nitrogens is 2. The zero-order chi connectivity index (χ0) is 10.0. The minimum absolute atomic E-state index is 0.0330. The molecule has 13 heavy (non-hydrogen) atoms. The van der Waals surface area contributed by atoms with Crippen molar-refractivity contribution in [3.05, 3.63) is 29.1 Å². The molecule has 0 unspecified atom stereocenters. The van der Waals surface area contributed by atoms with E-state index in [-0.39, 0.29) is 5.78 Å². The van der Waals surface area contributed by atoms with Gasteiger partial charge in [0.2, 0.25) is 0 Å². The van der Waals surface area contributed by atoms with Gasteiger partial charge in [0, 0.05) is 12.7 Å². The Morgan fingerprint density at radius 3 is 2.54 bits per heavy atom. The molecule has 0 N–H and O–H groups in total. The number of carbonyl (C=O) groups excluding carboxylic acids is 1. The molecule has 1 aromatic rings. The van der Waals surface area contributed by atoms with Gasteiger partial charge in [-0.05, 0) is 26.8 Å². The van der Waals surface area contributed by atoms with Crippen LogP contribution in [-0.4, -0.2) is 15.6 Å². The van der Waals surface area contributed by atoms with Crippen LogP contribution in [0.15, 0.2) is 17.8 Å². The van der Waals surface area contributed by atoms with Gasteiger partial charge in [-0.3, -0.25) is 9.48 Å². The molecule has 0 aromatic carbocycles. The van der Waals surface area contributed by atoms with Crippen molar-refractivity contribution < 1.29 is 4.79 Å². The normalized spacial score (nSPS) is 9.85. The Kier molecular flexibility index (Phi) is 2.66. The number of hydrogen-bond donors (Lipinski definition) is 0. The topological polar surface area (TPSA) is 34.9 Å². The minimum atomic E-state index is 0.0330. The Bertz CT molecular complexity index is 357. The van der Waals surface area contributed by atoms with Crippen LogP contribution in [0, 0.1) is 6.92 Å². The monoisotopic (exact) mass is 178 g/mol. The van der Waals surface area contributed by atoms with Gasteiger partial charge in [0.05, 0.1) is 11.8 Å². The molecule has 1 rings (SSSR count). The molecule has 3 nitrogen and oxygen atoms in total. The zero-order valence-corrected chi connectivity index (χ0v) is 8.46. The summed E-state index contributed by atoms with van der Waals surface area (Å²) < 4.78 is 1.70. The third kappa shape index (κ3) is 2.05. The average Bonchev–Trinajstić information content (AvgIpc) is 2.31. The van der Waals surface area contributed by atoms with E-state index in [9.17, 15) is 4.79 Å². The van der Waals surface area contributed by atoms with Crippen molar-refractivity contribution in [3.8, 4) is 0 Å². The van der Waals surface area contributed by atoms with Crippen molar-refractivity contribution in [2.45, 2.75) is 20.8 Å². The minimum Gasteiger partial charge on any atom is -0.289 e. The zero-order valence-electron chi connectivity index (χ0n) is 8.46. The molecule has 0 aliphatic carbocycles. The summed E-state index contributed by atoms with van der Waals surface area (Å²) in [5.74, 6) is 0.0330. The molecule has 0 aliphatic heterocycles. The highest BCUT2D eigenvalue weighted by atomic mass is 16.1. The molecular formula is C10H14N2O. The van der Waals surface area contributed by atoms with Crippen LogP contribution in [0.2, 0.25) is 0 Å². The maximum absolute atomic E-state index is 11.6. The fourth-order valence-electron chi connectivity index (χ4n) is 1.08. The number of nitrogens with zero attached hydrogens (tertiary/aromatic N) is 2. The largest absolute Gasteiger partial charge is 0.289 e. The summed E-state index contributed by atoms with van der Waals surface area (Å²) in [6.07, 6.45) is 3.24. The maximum Gasteiger partial charge on any atom is 0.189 e. The van der Waals surface area contributed by atoms with Crippen LogP contribution in [0.3, 0.4) is 0 Å². The second kappa shape index (κ2) is 3.56. The maximum atomic E-state index is 11.6. The first-order valence-corrected chi connectivity index (χ1v) is 4.20. The highest BCUT2D eigenvalue weighted by Gasteiger charge is 2.09. The molecule has 70 valence electrons. The molecule has 0 atom stereocenters. The summed E-state index contributed by atoms with van der Waals surface area (Å²) in [6.45, 7) is 5.70. The lowest BCUT2D eigenvalue weighted by atomic mass is 10.1. The van der Waals surface area contributed by atoms with Crippen molar-refractivity contribution in [1.29, 1.82) is 0 Å². The molecule has 0 saturated carbocycles. The summed E-state index contributed by atoms with van der Waals surface area (Å²) in [4.78, 5) is 11.6. The summed E-state index contributed by atoms with van der Waals surface area (Å²) in [5.41, 5.74) is 2.60. The van der Waals surface area contributed by atoms with E-state index in [1.165, 1.54) is 0 Å². The SMILES string of the molecule is CC(C)=CC(=O)c1cnn(C)c1C. The van der Waals surface area contributed by atoms with Crippen molar-refractivity contribution in [2.24, 2.45) is 7.05 Å². The Morgan fingerprint density at radius 1 is 1.54 bits per heavy atom. The summed E-state index contributed by atoms with van der Waals surface area (Å²) in [6, 6.07) is 0. The first-order chi connectivity index (χ1) is 6.02. The fraction of sp³-hybridized carbons (Fsp3) is 0.400. The van der Waals surface area contributed by atoms with E-state index >= 15 is 0 Å². The molecule has 0 spiro atoms. The van der Waals surface area contributed by atoms with Gasteiger partial charge in [0.15, 0.2) is 5.78 Å². The van der Waals surface area contributed by atoms with Gasteiger partial charge >= 0.3 is 0 Å². The number of ketones is 1. The van der Waals surface area contributed by atoms with Gasteiger partial charge in [-0.25, -0.2) is 0 Å². The van der Waals surface area contributed by atoms with Crippen molar-refractivity contribution >= 4 is 5.78 Å². The third-order valence-electron chi connectivity index (χ3n) is 1.92. The molecule has 0 fully saturated rings. The molecule has 0 saturated heterocycles. The molecule has 0 bridgehead atoms. The molecule has 0 aliphatic rings. The fourth-order valence-corrected chi connectivity index (χ4v) is 1.08.